The third-order valence-electron chi connectivity index (χ3n) is 4.62. The van der Waals surface area contributed by atoms with Crippen molar-refractivity contribution in [2.75, 3.05) is 0 Å². The molecule has 0 amide bonds. The van der Waals surface area contributed by atoms with Crippen molar-refractivity contribution in [3.05, 3.63) is 0 Å². The molecule has 0 aromatic carbocycles. The first kappa shape index (κ1) is 26.7. The molecule has 0 fully saturated rings. The van der Waals surface area contributed by atoms with E-state index < -0.39 is 24.2 Å². The van der Waals surface area contributed by atoms with Crippen LogP contribution in [-0.2, 0) is 0 Å². The van der Waals surface area contributed by atoms with Crippen LogP contribution in [0.25, 0.3) is 0 Å². The van der Waals surface area contributed by atoms with Crippen LogP contribution in [0.2, 0.25) is 61.3 Å². The molecule has 0 aliphatic heterocycles. The predicted octanol–water partition coefficient (Wildman–Crippen LogP) is 7.09. The van der Waals surface area contributed by atoms with Crippen LogP contribution >= 0.6 is 5.61 Å². The summed E-state index contributed by atoms with van der Waals surface area (Å²) in [4.78, 5) is 0. The Labute approximate surface area is 175 Å². The summed E-state index contributed by atoms with van der Waals surface area (Å²) in [7, 11) is -3.51. The quantitative estimate of drug-likeness (QED) is 0.217. The van der Waals surface area contributed by atoms with Crippen LogP contribution in [0, 0.1) is 0 Å². The Kier molecular flexibility index (Phi) is 9.09. The molecule has 0 bridgehead atoms. The van der Waals surface area contributed by atoms with Crippen LogP contribution in [-0.4, -0.2) is 68.1 Å². The summed E-state index contributed by atoms with van der Waals surface area (Å²) in [6.45, 7) is 39.9. The molecule has 0 atom stereocenters. The van der Waals surface area contributed by atoms with Gasteiger partial charge in [0, 0.05) is 0 Å². The third-order valence-corrected chi connectivity index (χ3v) is 83.7. The Morgan fingerprint density at radius 2 is 0.792 bits per heavy atom. The number of hydrogen-bond donors (Lipinski definition) is 0. The molecule has 0 N–H and O–H groups in total. The van der Waals surface area contributed by atoms with Gasteiger partial charge >= 0.3 is 177 Å². The molecule has 0 rings (SSSR count). The van der Waals surface area contributed by atoms with Crippen LogP contribution in [0.4, 0.5) is 0 Å². The predicted molar refractivity (Wildman–Crippen MR) is 131 cm³/mol. The zero-order valence-corrected chi connectivity index (χ0v) is 27.8. The van der Waals surface area contributed by atoms with Gasteiger partial charge in [-0.15, -0.1) is 0 Å². The molecule has 0 heterocycles. The fraction of sp³-hybridized carbons (Fsp3) is 1.00. The molecular weight excluding hydrogens is 587 g/mol. The monoisotopic (exact) mass is 636 g/mol. The van der Waals surface area contributed by atoms with Gasteiger partial charge in [-0.3, -0.25) is 0 Å². The maximum absolute atomic E-state index is 2.73. The Morgan fingerprint density at radius 3 is 0.958 bits per heavy atom. The van der Waals surface area contributed by atoms with Gasteiger partial charge in [0.2, 0.25) is 0 Å². The molecule has 6 heteroatoms. The van der Waals surface area contributed by atoms with Crippen molar-refractivity contribution in [1.82, 2.24) is 0 Å². The molecule has 0 aliphatic carbocycles. The van der Waals surface area contributed by atoms with Gasteiger partial charge in [-0.05, 0) is 0 Å². The van der Waals surface area contributed by atoms with Gasteiger partial charge in [0.25, 0.3) is 0 Å². The van der Waals surface area contributed by atoms with Crippen molar-refractivity contribution >= 4 is 63.4 Å². The van der Waals surface area contributed by atoms with Gasteiger partial charge in [0.05, 0.1) is 0 Å². The van der Waals surface area contributed by atoms with E-state index in [0.29, 0.717) is 10.3 Å². The Hall–Kier alpha value is 2.66. The molecule has 0 aromatic heterocycles. The average Bonchev–Trinajstić information content (AvgIpc) is 2.13. The normalized spacial score (nSPS) is 16.0. The maximum atomic E-state index is 2.73. The van der Waals surface area contributed by atoms with Crippen LogP contribution in [0.3, 0.4) is 0 Å². The van der Waals surface area contributed by atoms with E-state index in [4.69, 9.17) is 0 Å². The summed E-state index contributed by atoms with van der Waals surface area (Å²) in [5.41, 5.74) is 0.206. The van der Waals surface area contributed by atoms with E-state index in [9.17, 15) is 0 Å². The molecule has 0 aromatic rings. The molecule has 0 radical (unpaired) electrons. The number of hydrogen-bond acceptors (Lipinski definition) is 0. The molecule has 146 valence electrons. The molecular formula is C18H45PSi3Te2. The van der Waals surface area contributed by atoms with E-state index in [2.05, 4.69) is 100 Å². The van der Waals surface area contributed by atoms with Gasteiger partial charge in [-0.2, -0.15) is 0 Å². The van der Waals surface area contributed by atoms with Gasteiger partial charge in [-0.25, -0.2) is 0 Å². The average molecular weight is 632 g/mol. The van der Waals surface area contributed by atoms with Crippen LogP contribution in [0.15, 0.2) is 0 Å². The minimum absolute atomic E-state index is 0.145. The molecule has 0 saturated heterocycles. The SMILES string of the molecule is CC(C)(C)P([Te][Te]C([Si](C)(C)C)([Si](C)(C)C)[Si](C)(C)C)C(C)(C)C. The van der Waals surface area contributed by atoms with Crippen LogP contribution in [0.1, 0.15) is 41.5 Å². The molecule has 0 spiro atoms. The summed E-state index contributed by atoms with van der Waals surface area (Å²) in [6, 6.07) is 0. The van der Waals surface area contributed by atoms with E-state index >= 15 is 0 Å². The van der Waals surface area contributed by atoms with Gasteiger partial charge < -0.3 is 0 Å². The minimum atomic E-state index is -1.17. The molecule has 0 nitrogen and oxygen atoms in total. The van der Waals surface area contributed by atoms with Crippen molar-refractivity contribution in [3.8, 4) is 0 Å². The second-order valence-corrected chi connectivity index (χ2v) is 54.6. The standard InChI is InChI=1S/C18H45PSi3Te2/c1-16(2,3)19(17(4,5)6)24-23-18(20(7,8)9,21(10,11)12)22(13,14)15/h1-15H3. The summed E-state index contributed by atoms with van der Waals surface area (Å²) in [5.74, 6) is 0. The Morgan fingerprint density at radius 1 is 0.542 bits per heavy atom. The first-order valence-corrected chi connectivity index (χ1v) is 32.6. The van der Waals surface area contributed by atoms with Gasteiger partial charge in [0.15, 0.2) is 0 Å². The second-order valence-electron chi connectivity index (χ2n) is 12.2. The van der Waals surface area contributed by atoms with Crippen molar-refractivity contribution in [2.24, 2.45) is 0 Å². The summed E-state index contributed by atoms with van der Waals surface area (Å²) in [5, 5.41) is 1.09. The van der Waals surface area contributed by atoms with E-state index in [1.807, 2.05) is 0 Å². The second kappa shape index (κ2) is 8.19. The zero-order chi connectivity index (χ0) is 20.0. The van der Waals surface area contributed by atoms with Crippen molar-refractivity contribution in [2.45, 2.75) is 113 Å². The van der Waals surface area contributed by atoms with Crippen molar-refractivity contribution in [3.63, 3.8) is 0 Å². The first-order chi connectivity index (χ1) is 10.1. The zero-order valence-electron chi connectivity index (χ0n) is 19.3. The topological polar surface area (TPSA) is 0 Å². The number of rotatable bonds is 6. The van der Waals surface area contributed by atoms with Crippen molar-refractivity contribution in [1.29, 1.82) is 0 Å². The Balaban J connectivity index is 6.09. The molecule has 24 heavy (non-hydrogen) atoms. The van der Waals surface area contributed by atoms with E-state index in [1.54, 1.807) is 0 Å². The summed E-state index contributed by atoms with van der Waals surface area (Å²) < 4.78 is 0.900. The molecule has 0 aliphatic rings. The summed E-state index contributed by atoms with van der Waals surface area (Å²) >= 11 is 0.315. The van der Waals surface area contributed by atoms with Gasteiger partial charge in [0.1, 0.15) is 0 Å². The first-order valence-electron chi connectivity index (χ1n) is 9.25. The van der Waals surface area contributed by atoms with Crippen molar-refractivity contribution < 1.29 is 0 Å². The summed E-state index contributed by atoms with van der Waals surface area (Å²) in [6.07, 6.45) is 0. The van der Waals surface area contributed by atoms with E-state index in [-0.39, 0.29) is 39.2 Å². The molecule has 0 unspecified atom stereocenters. The fourth-order valence-corrected chi connectivity index (χ4v) is 142. The fourth-order valence-electron chi connectivity index (χ4n) is 5.07. The van der Waals surface area contributed by atoms with E-state index in [1.165, 1.54) is 0 Å². The van der Waals surface area contributed by atoms with Crippen LogP contribution < -0.4 is 0 Å². The van der Waals surface area contributed by atoms with E-state index in [0.717, 1.165) is 2.33 Å². The molecule has 0 saturated carbocycles. The Bertz CT molecular complexity index is 368. The van der Waals surface area contributed by atoms with Gasteiger partial charge in [-0.1, -0.05) is 0 Å². The third kappa shape index (κ3) is 6.08. The van der Waals surface area contributed by atoms with Crippen LogP contribution in [0.5, 0.6) is 0 Å².